The molecule has 0 unspecified atom stereocenters. The highest BCUT2D eigenvalue weighted by Crippen LogP contribution is 2.31. The third-order valence-corrected chi connectivity index (χ3v) is 3.67. The van der Waals surface area contributed by atoms with Crippen molar-refractivity contribution in [1.29, 1.82) is 0 Å². The van der Waals surface area contributed by atoms with E-state index < -0.39 is 5.54 Å². The lowest BCUT2D eigenvalue weighted by Gasteiger charge is -2.31. The minimum atomic E-state index is -0.621. The lowest BCUT2D eigenvalue weighted by molar-refractivity contribution is -0.123. The van der Waals surface area contributed by atoms with Crippen LogP contribution in [0.4, 0.5) is 0 Å². The highest BCUT2D eigenvalue weighted by molar-refractivity contribution is 6.13. The maximum Gasteiger partial charge on any atom is 0.273 e. The summed E-state index contributed by atoms with van der Waals surface area (Å²) in [4.78, 5) is 17.9. The van der Waals surface area contributed by atoms with Gasteiger partial charge in [0.15, 0.2) is 0 Å². The topological polar surface area (TPSA) is 41.9 Å². The molecular formula is C16H16N2O2. The van der Waals surface area contributed by atoms with Crippen molar-refractivity contribution >= 4 is 17.3 Å². The standard InChI is InChI=1S/C16H16N2O2/c1-16(2)15(19)17-14-8-7-12(10-18(14)16)11-5-4-6-13(9-11)20-3/h4-10H,1-3H3. The first-order chi connectivity index (χ1) is 9.52. The Labute approximate surface area is 118 Å². The molecule has 0 N–H and O–H groups in total. The van der Waals surface area contributed by atoms with Gasteiger partial charge in [-0.1, -0.05) is 12.1 Å². The number of hydrogen-bond donors (Lipinski definition) is 0. The summed E-state index contributed by atoms with van der Waals surface area (Å²) < 4.78 is 5.25. The number of fused-ring (bicyclic) bond motifs is 1. The number of carbonyl (C=O) groups excluding carboxylic acids is 1. The zero-order chi connectivity index (χ0) is 14.3. The third-order valence-electron chi connectivity index (χ3n) is 3.67. The number of amides is 1. The molecular weight excluding hydrogens is 252 g/mol. The van der Waals surface area contributed by atoms with Crippen molar-refractivity contribution in [3.05, 3.63) is 48.2 Å². The predicted molar refractivity (Wildman–Crippen MR) is 78.5 cm³/mol. The van der Waals surface area contributed by atoms with E-state index in [1.165, 1.54) is 0 Å². The summed E-state index contributed by atoms with van der Waals surface area (Å²) in [6.07, 6.45) is 5.82. The second-order valence-corrected chi connectivity index (χ2v) is 5.35. The minimum Gasteiger partial charge on any atom is -0.497 e. The zero-order valence-corrected chi connectivity index (χ0v) is 11.8. The molecule has 102 valence electrons. The number of rotatable bonds is 2. The molecule has 1 aromatic rings. The second-order valence-electron chi connectivity index (χ2n) is 5.35. The van der Waals surface area contributed by atoms with Gasteiger partial charge in [-0.3, -0.25) is 4.79 Å². The number of amidine groups is 1. The number of nitrogens with zero attached hydrogens (tertiary/aromatic N) is 2. The monoisotopic (exact) mass is 268 g/mol. The number of aliphatic imine (C=N–C) groups is 1. The van der Waals surface area contributed by atoms with Crippen LogP contribution in [0.25, 0.3) is 5.57 Å². The fraction of sp³-hybridized carbons (Fsp3) is 0.250. The Morgan fingerprint density at radius 1 is 1.25 bits per heavy atom. The first-order valence-corrected chi connectivity index (χ1v) is 6.49. The minimum absolute atomic E-state index is 0.111. The van der Waals surface area contributed by atoms with Crippen molar-refractivity contribution in [2.24, 2.45) is 4.99 Å². The van der Waals surface area contributed by atoms with Gasteiger partial charge in [0.1, 0.15) is 17.1 Å². The van der Waals surface area contributed by atoms with Crippen LogP contribution in [0.3, 0.4) is 0 Å². The first kappa shape index (κ1) is 12.7. The Morgan fingerprint density at radius 2 is 2.05 bits per heavy atom. The van der Waals surface area contributed by atoms with Crippen molar-refractivity contribution in [3.8, 4) is 5.75 Å². The zero-order valence-electron chi connectivity index (χ0n) is 11.8. The van der Waals surface area contributed by atoms with Crippen LogP contribution in [0.2, 0.25) is 0 Å². The normalized spacial score (nSPS) is 19.6. The highest BCUT2D eigenvalue weighted by atomic mass is 16.5. The number of benzene rings is 1. The number of hydrogen-bond acceptors (Lipinski definition) is 3. The van der Waals surface area contributed by atoms with Crippen LogP contribution in [0.1, 0.15) is 19.4 Å². The average Bonchev–Trinajstić information content (AvgIpc) is 2.69. The maximum atomic E-state index is 11.9. The van der Waals surface area contributed by atoms with Crippen LogP contribution in [0, 0.1) is 0 Å². The van der Waals surface area contributed by atoms with Gasteiger partial charge in [0.25, 0.3) is 5.91 Å². The van der Waals surface area contributed by atoms with Crippen molar-refractivity contribution < 1.29 is 9.53 Å². The Hall–Kier alpha value is -2.36. The molecule has 1 amide bonds. The van der Waals surface area contributed by atoms with Crippen molar-refractivity contribution in [2.45, 2.75) is 19.4 Å². The molecule has 4 heteroatoms. The number of ether oxygens (including phenoxy) is 1. The molecule has 0 bridgehead atoms. The molecule has 0 atom stereocenters. The fourth-order valence-electron chi connectivity index (χ4n) is 2.35. The summed E-state index contributed by atoms with van der Waals surface area (Å²) >= 11 is 0. The molecule has 0 spiro atoms. The Balaban J connectivity index is 2.01. The second kappa shape index (κ2) is 4.34. The summed E-state index contributed by atoms with van der Waals surface area (Å²) in [5.41, 5.74) is 1.46. The number of methoxy groups -OCH3 is 1. The molecule has 0 aliphatic carbocycles. The summed E-state index contributed by atoms with van der Waals surface area (Å²) in [6.45, 7) is 3.76. The van der Waals surface area contributed by atoms with Crippen LogP contribution in [-0.4, -0.2) is 29.3 Å². The molecule has 1 aromatic carbocycles. The van der Waals surface area contributed by atoms with Gasteiger partial charge in [-0.15, -0.1) is 0 Å². The molecule has 4 nitrogen and oxygen atoms in total. The van der Waals surface area contributed by atoms with Gasteiger partial charge in [-0.25, -0.2) is 0 Å². The van der Waals surface area contributed by atoms with Crippen molar-refractivity contribution in [2.75, 3.05) is 7.11 Å². The van der Waals surface area contributed by atoms with Crippen LogP contribution in [-0.2, 0) is 4.79 Å². The van der Waals surface area contributed by atoms with E-state index in [0.717, 1.165) is 16.9 Å². The SMILES string of the molecule is COc1cccc(C2=CN3C(=NC(=O)C3(C)C)C=C2)c1. The van der Waals surface area contributed by atoms with E-state index in [2.05, 4.69) is 4.99 Å². The Bertz CT molecular complexity index is 669. The fourth-order valence-corrected chi connectivity index (χ4v) is 2.35. The van der Waals surface area contributed by atoms with Crippen LogP contribution < -0.4 is 4.74 Å². The molecule has 0 radical (unpaired) electrons. The molecule has 0 fully saturated rings. The van der Waals surface area contributed by atoms with Gasteiger partial charge in [0.2, 0.25) is 0 Å². The highest BCUT2D eigenvalue weighted by Gasteiger charge is 2.41. The van der Waals surface area contributed by atoms with Gasteiger partial charge in [0.05, 0.1) is 7.11 Å². The van der Waals surface area contributed by atoms with E-state index >= 15 is 0 Å². The molecule has 0 saturated heterocycles. The van der Waals surface area contributed by atoms with E-state index in [1.54, 1.807) is 7.11 Å². The van der Waals surface area contributed by atoms with Gasteiger partial charge in [0, 0.05) is 6.20 Å². The molecule has 0 aromatic heterocycles. The summed E-state index contributed by atoms with van der Waals surface area (Å²) in [6, 6.07) is 7.86. The summed E-state index contributed by atoms with van der Waals surface area (Å²) in [7, 11) is 1.65. The lowest BCUT2D eigenvalue weighted by Crippen LogP contribution is -2.43. The van der Waals surface area contributed by atoms with Crippen molar-refractivity contribution in [1.82, 2.24) is 4.90 Å². The van der Waals surface area contributed by atoms with E-state index in [0.29, 0.717) is 5.84 Å². The largest absolute Gasteiger partial charge is 0.497 e. The lowest BCUT2D eigenvalue weighted by atomic mass is 9.99. The Kier molecular flexibility index (Phi) is 2.74. The van der Waals surface area contributed by atoms with Crippen LogP contribution >= 0.6 is 0 Å². The van der Waals surface area contributed by atoms with Gasteiger partial charge in [-0.2, -0.15) is 4.99 Å². The van der Waals surface area contributed by atoms with Gasteiger partial charge in [-0.05, 0) is 49.3 Å². The van der Waals surface area contributed by atoms with E-state index in [-0.39, 0.29) is 5.91 Å². The number of allylic oxidation sites excluding steroid dienone is 2. The maximum absolute atomic E-state index is 11.9. The quantitative estimate of drug-likeness (QED) is 0.828. The Morgan fingerprint density at radius 3 is 2.80 bits per heavy atom. The summed E-state index contributed by atoms with van der Waals surface area (Å²) in [5, 5.41) is 0. The van der Waals surface area contributed by atoms with Crippen molar-refractivity contribution in [3.63, 3.8) is 0 Å². The molecule has 0 saturated carbocycles. The molecule has 2 aliphatic heterocycles. The third kappa shape index (κ3) is 1.84. The van der Waals surface area contributed by atoms with E-state index in [4.69, 9.17) is 4.74 Å². The molecule has 3 rings (SSSR count). The molecule has 2 aliphatic rings. The van der Waals surface area contributed by atoms with Gasteiger partial charge < -0.3 is 9.64 Å². The number of carbonyl (C=O) groups is 1. The van der Waals surface area contributed by atoms with E-state index in [1.807, 2.05) is 61.4 Å². The first-order valence-electron chi connectivity index (χ1n) is 6.49. The average molecular weight is 268 g/mol. The van der Waals surface area contributed by atoms with Crippen LogP contribution in [0.5, 0.6) is 5.75 Å². The molecule has 20 heavy (non-hydrogen) atoms. The smallest absolute Gasteiger partial charge is 0.273 e. The van der Waals surface area contributed by atoms with Crippen LogP contribution in [0.15, 0.2) is 47.6 Å². The van der Waals surface area contributed by atoms with E-state index in [9.17, 15) is 4.79 Å². The molecule has 2 heterocycles. The summed E-state index contributed by atoms with van der Waals surface area (Å²) in [5.74, 6) is 1.40. The van der Waals surface area contributed by atoms with Gasteiger partial charge >= 0.3 is 0 Å². The predicted octanol–water partition coefficient (Wildman–Crippen LogP) is 2.63.